The molecule has 2 unspecified atom stereocenters. The second-order valence-corrected chi connectivity index (χ2v) is 5.37. The Hall–Kier alpha value is -1.58. The highest BCUT2D eigenvalue weighted by molar-refractivity contribution is 5.95. The van der Waals surface area contributed by atoms with Crippen LogP contribution in [0.5, 0.6) is 0 Å². The topological polar surface area (TPSA) is 55.1 Å². The summed E-state index contributed by atoms with van der Waals surface area (Å²) < 4.78 is 13.5. The number of anilines is 2. The number of amides is 1. The van der Waals surface area contributed by atoms with Crippen molar-refractivity contribution in [2.24, 2.45) is 17.8 Å². The van der Waals surface area contributed by atoms with Gasteiger partial charge in [-0.05, 0) is 42.9 Å². The number of fused-ring (bicyclic) bond motifs is 1. The summed E-state index contributed by atoms with van der Waals surface area (Å²) in [6.45, 7) is 0. The van der Waals surface area contributed by atoms with E-state index < -0.39 is 5.82 Å². The van der Waals surface area contributed by atoms with Gasteiger partial charge in [0.2, 0.25) is 5.91 Å². The van der Waals surface area contributed by atoms with Crippen LogP contribution in [0.4, 0.5) is 15.8 Å². The third-order valence-electron chi connectivity index (χ3n) is 4.21. The van der Waals surface area contributed by atoms with E-state index in [0.717, 1.165) is 12.8 Å². The second-order valence-electron chi connectivity index (χ2n) is 5.37. The molecule has 0 bridgehead atoms. The van der Waals surface area contributed by atoms with Gasteiger partial charge in [0, 0.05) is 11.6 Å². The molecule has 2 atom stereocenters. The molecule has 0 aromatic heterocycles. The standard InChI is InChI=1S/C14H17FN2O/c15-11-6-5-8(16)7-12(11)17-14(18)13-9-3-1-2-4-10(9)13/h5-7,9-10,13H,1-4,16H2,(H,17,18). The van der Waals surface area contributed by atoms with Gasteiger partial charge in [0.25, 0.3) is 0 Å². The van der Waals surface area contributed by atoms with Gasteiger partial charge in [0.15, 0.2) is 0 Å². The highest BCUT2D eigenvalue weighted by atomic mass is 19.1. The SMILES string of the molecule is Nc1ccc(F)c(NC(=O)C2C3CCCCC32)c1. The van der Waals surface area contributed by atoms with Crippen molar-refractivity contribution in [1.29, 1.82) is 0 Å². The van der Waals surface area contributed by atoms with Crippen molar-refractivity contribution in [2.75, 3.05) is 11.1 Å². The molecule has 96 valence electrons. The molecule has 0 heterocycles. The fourth-order valence-electron chi connectivity index (χ4n) is 3.24. The monoisotopic (exact) mass is 248 g/mol. The minimum Gasteiger partial charge on any atom is -0.399 e. The molecule has 2 fully saturated rings. The Morgan fingerprint density at radius 3 is 2.61 bits per heavy atom. The zero-order valence-corrected chi connectivity index (χ0v) is 10.2. The summed E-state index contributed by atoms with van der Waals surface area (Å²) in [6.07, 6.45) is 4.72. The summed E-state index contributed by atoms with van der Waals surface area (Å²) in [5.74, 6) is 0.677. The van der Waals surface area contributed by atoms with Crippen molar-refractivity contribution in [3.8, 4) is 0 Å². The summed E-state index contributed by atoms with van der Waals surface area (Å²) in [7, 11) is 0. The van der Waals surface area contributed by atoms with Gasteiger partial charge in [-0.15, -0.1) is 0 Å². The fraction of sp³-hybridized carbons (Fsp3) is 0.500. The molecule has 1 aromatic rings. The molecule has 18 heavy (non-hydrogen) atoms. The van der Waals surface area contributed by atoms with Crippen LogP contribution in [0.15, 0.2) is 18.2 Å². The molecule has 4 heteroatoms. The molecule has 0 radical (unpaired) electrons. The number of carbonyl (C=O) groups is 1. The third kappa shape index (κ3) is 1.96. The lowest BCUT2D eigenvalue weighted by Crippen LogP contribution is -2.16. The first-order valence-corrected chi connectivity index (χ1v) is 6.52. The van der Waals surface area contributed by atoms with E-state index in [1.54, 1.807) is 0 Å². The zero-order chi connectivity index (χ0) is 12.7. The molecule has 3 nitrogen and oxygen atoms in total. The average Bonchev–Trinajstić information content (AvgIpc) is 3.08. The van der Waals surface area contributed by atoms with Crippen LogP contribution in [0, 0.1) is 23.6 Å². The minimum atomic E-state index is -0.429. The Morgan fingerprint density at radius 2 is 1.94 bits per heavy atom. The van der Waals surface area contributed by atoms with Crippen molar-refractivity contribution >= 4 is 17.3 Å². The van der Waals surface area contributed by atoms with Gasteiger partial charge in [-0.25, -0.2) is 4.39 Å². The van der Waals surface area contributed by atoms with Crippen LogP contribution in [-0.4, -0.2) is 5.91 Å². The quantitative estimate of drug-likeness (QED) is 0.791. The Kier molecular flexibility index (Phi) is 2.73. The Labute approximate surface area is 106 Å². The third-order valence-corrected chi connectivity index (χ3v) is 4.21. The number of carbonyl (C=O) groups excluding carboxylic acids is 1. The molecular weight excluding hydrogens is 231 g/mol. The fourth-order valence-corrected chi connectivity index (χ4v) is 3.24. The molecule has 3 N–H and O–H groups in total. The molecule has 0 aliphatic heterocycles. The van der Waals surface area contributed by atoms with E-state index in [0.29, 0.717) is 17.5 Å². The smallest absolute Gasteiger partial charge is 0.228 e. The maximum absolute atomic E-state index is 13.5. The lowest BCUT2D eigenvalue weighted by Gasteiger charge is -2.06. The molecule has 2 saturated carbocycles. The largest absolute Gasteiger partial charge is 0.399 e. The van der Waals surface area contributed by atoms with E-state index in [2.05, 4.69) is 5.32 Å². The maximum Gasteiger partial charge on any atom is 0.228 e. The summed E-state index contributed by atoms with van der Waals surface area (Å²) in [6, 6.07) is 4.24. The van der Waals surface area contributed by atoms with Crippen molar-refractivity contribution in [2.45, 2.75) is 25.7 Å². The van der Waals surface area contributed by atoms with E-state index in [9.17, 15) is 9.18 Å². The molecular formula is C14H17FN2O. The summed E-state index contributed by atoms with van der Waals surface area (Å²) in [4.78, 5) is 12.1. The van der Waals surface area contributed by atoms with Crippen molar-refractivity contribution in [1.82, 2.24) is 0 Å². The van der Waals surface area contributed by atoms with E-state index in [4.69, 9.17) is 5.73 Å². The van der Waals surface area contributed by atoms with E-state index in [1.165, 1.54) is 31.0 Å². The number of nitrogen functional groups attached to an aromatic ring is 1. The van der Waals surface area contributed by atoms with Gasteiger partial charge in [-0.3, -0.25) is 4.79 Å². The van der Waals surface area contributed by atoms with Crippen LogP contribution in [0.1, 0.15) is 25.7 Å². The predicted molar refractivity (Wildman–Crippen MR) is 68.4 cm³/mol. The highest BCUT2D eigenvalue weighted by Crippen LogP contribution is 2.55. The molecule has 0 spiro atoms. The number of hydrogen-bond acceptors (Lipinski definition) is 2. The average molecular weight is 248 g/mol. The highest BCUT2D eigenvalue weighted by Gasteiger charge is 2.54. The molecule has 1 aromatic carbocycles. The van der Waals surface area contributed by atoms with Gasteiger partial charge >= 0.3 is 0 Å². The van der Waals surface area contributed by atoms with Crippen molar-refractivity contribution in [3.05, 3.63) is 24.0 Å². The predicted octanol–water partition coefficient (Wildman–Crippen LogP) is 2.78. The van der Waals surface area contributed by atoms with Crippen LogP contribution in [0.25, 0.3) is 0 Å². The van der Waals surface area contributed by atoms with E-state index in [-0.39, 0.29) is 17.5 Å². The van der Waals surface area contributed by atoms with Gasteiger partial charge < -0.3 is 11.1 Å². The first-order valence-electron chi connectivity index (χ1n) is 6.52. The minimum absolute atomic E-state index is 0.0450. The lowest BCUT2D eigenvalue weighted by atomic mass is 10.0. The zero-order valence-electron chi connectivity index (χ0n) is 10.2. The number of nitrogens with one attached hydrogen (secondary N) is 1. The molecule has 1 amide bonds. The Balaban J connectivity index is 1.69. The summed E-state index contributed by atoms with van der Waals surface area (Å²) in [5, 5.41) is 2.68. The van der Waals surface area contributed by atoms with Gasteiger partial charge in [-0.1, -0.05) is 12.8 Å². The number of hydrogen-bond donors (Lipinski definition) is 2. The number of rotatable bonds is 2. The van der Waals surface area contributed by atoms with Crippen molar-refractivity contribution in [3.63, 3.8) is 0 Å². The number of nitrogens with two attached hydrogens (primary N) is 1. The summed E-state index contributed by atoms with van der Waals surface area (Å²) >= 11 is 0. The lowest BCUT2D eigenvalue weighted by molar-refractivity contribution is -0.117. The number of benzene rings is 1. The van der Waals surface area contributed by atoms with Gasteiger partial charge in [-0.2, -0.15) is 0 Å². The normalized spacial score (nSPS) is 29.5. The van der Waals surface area contributed by atoms with Gasteiger partial charge in [0.05, 0.1) is 5.69 Å². The van der Waals surface area contributed by atoms with Crippen LogP contribution >= 0.6 is 0 Å². The van der Waals surface area contributed by atoms with Gasteiger partial charge in [0.1, 0.15) is 5.82 Å². The maximum atomic E-state index is 13.5. The number of halogens is 1. The molecule has 0 saturated heterocycles. The van der Waals surface area contributed by atoms with Crippen LogP contribution in [0.2, 0.25) is 0 Å². The molecule has 3 rings (SSSR count). The summed E-state index contributed by atoms with van der Waals surface area (Å²) in [5.41, 5.74) is 6.25. The van der Waals surface area contributed by atoms with Crippen LogP contribution in [0.3, 0.4) is 0 Å². The van der Waals surface area contributed by atoms with Crippen LogP contribution < -0.4 is 11.1 Å². The van der Waals surface area contributed by atoms with Crippen LogP contribution in [-0.2, 0) is 4.79 Å². The first kappa shape index (κ1) is 11.5. The first-order chi connectivity index (χ1) is 8.66. The second kappa shape index (κ2) is 4.26. The Bertz CT molecular complexity index is 477. The molecule has 2 aliphatic carbocycles. The van der Waals surface area contributed by atoms with E-state index in [1.807, 2.05) is 0 Å². The Morgan fingerprint density at radius 1 is 1.28 bits per heavy atom. The van der Waals surface area contributed by atoms with Crippen molar-refractivity contribution < 1.29 is 9.18 Å². The molecule has 2 aliphatic rings. The van der Waals surface area contributed by atoms with E-state index >= 15 is 0 Å².